The monoisotopic (exact) mass is 354 g/mol. The van der Waals surface area contributed by atoms with Crippen LogP contribution in [0.4, 0.5) is 0 Å². The summed E-state index contributed by atoms with van der Waals surface area (Å²) in [6.07, 6.45) is 2.58. The van der Waals surface area contributed by atoms with Crippen LogP contribution in [0, 0.1) is 0 Å². The van der Waals surface area contributed by atoms with Gasteiger partial charge in [-0.05, 0) is 0 Å². The van der Waals surface area contributed by atoms with E-state index in [0.29, 0.717) is 0 Å². The van der Waals surface area contributed by atoms with E-state index in [4.69, 9.17) is 8.32 Å². The van der Waals surface area contributed by atoms with Crippen molar-refractivity contribution in [2.45, 2.75) is 47.5 Å². The van der Waals surface area contributed by atoms with E-state index in [2.05, 4.69) is 27.7 Å². The first-order valence-electron chi connectivity index (χ1n) is 4.27. The fourth-order valence-corrected chi connectivity index (χ4v) is 12.0. The molecule has 60 valence electrons. The van der Waals surface area contributed by atoms with Crippen LogP contribution in [0.3, 0.4) is 0 Å². The van der Waals surface area contributed by atoms with E-state index in [9.17, 15) is 0 Å². The number of hydrogen-bond donors (Lipinski definition) is 0. The van der Waals surface area contributed by atoms with Gasteiger partial charge in [0.2, 0.25) is 0 Å². The molecule has 0 heterocycles. The molecular weight excluding hydrogens is 336 g/mol. The van der Waals surface area contributed by atoms with Gasteiger partial charge in [0.05, 0.1) is 0 Å². The molecule has 0 aromatic heterocycles. The van der Waals surface area contributed by atoms with Crippen molar-refractivity contribution in [2.75, 3.05) is 0 Å². The summed E-state index contributed by atoms with van der Waals surface area (Å²) in [5.41, 5.74) is 0. The van der Waals surface area contributed by atoms with E-state index in [1.807, 2.05) is 0 Å². The van der Waals surface area contributed by atoms with Gasteiger partial charge >= 0.3 is 77.3 Å². The average molecular weight is 354 g/mol. The maximum atomic E-state index is 6.40. The molecule has 0 aliphatic heterocycles. The molecule has 0 fully saturated rings. The summed E-state index contributed by atoms with van der Waals surface area (Å²) in [4.78, 5) is 0. The normalized spacial score (nSPS) is 16.5. The summed E-state index contributed by atoms with van der Waals surface area (Å²) in [6.45, 7) is 9.15. The molecule has 2 atom stereocenters. The van der Waals surface area contributed by atoms with Crippen LogP contribution in [0.5, 0.6) is 0 Å². The first kappa shape index (κ1) is 11.2. The predicted octanol–water partition coefficient (Wildman–Crippen LogP) is 3.82. The van der Waals surface area contributed by atoms with E-state index in [0.717, 1.165) is 6.95 Å². The Morgan fingerprint density at radius 2 is 1.40 bits per heavy atom. The van der Waals surface area contributed by atoms with Gasteiger partial charge < -0.3 is 0 Å². The third-order valence-electron chi connectivity index (χ3n) is 2.38. The third-order valence-corrected chi connectivity index (χ3v) is 22.0. The fraction of sp³-hybridized carbons (Fsp3) is 1.00. The average Bonchev–Trinajstić information content (AvgIpc) is 2.00. The molecule has 0 saturated carbocycles. The summed E-state index contributed by atoms with van der Waals surface area (Å²) in [6, 6.07) is 0. The third kappa shape index (κ3) is 3.56. The van der Waals surface area contributed by atoms with Gasteiger partial charge in [0.25, 0.3) is 0 Å². The van der Waals surface area contributed by atoms with Gasteiger partial charge in [0.15, 0.2) is 0 Å². The van der Waals surface area contributed by atoms with E-state index < -0.39 is 21.5 Å². The van der Waals surface area contributed by atoms with Crippen molar-refractivity contribution < 1.29 is 0 Å². The summed E-state index contributed by atoms with van der Waals surface area (Å²) >= 11 is -1.69. The maximum absolute atomic E-state index is 6.40. The minimum absolute atomic E-state index is 0.886. The quantitative estimate of drug-likeness (QED) is 0.674. The Morgan fingerprint density at radius 3 is 1.60 bits per heavy atom. The van der Waals surface area contributed by atoms with Gasteiger partial charge in [0, 0.05) is 0 Å². The van der Waals surface area contributed by atoms with Gasteiger partial charge in [-0.1, -0.05) is 0 Å². The number of hydrogen-bond acceptors (Lipinski definition) is 0. The summed E-state index contributed by atoms with van der Waals surface area (Å²) in [5, 5.41) is 0. The van der Waals surface area contributed by atoms with Crippen LogP contribution in [0.2, 0.25) is 6.95 Å². The second-order valence-corrected chi connectivity index (χ2v) is 19.9. The van der Waals surface area contributed by atoms with Crippen LogP contribution >= 0.6 is 8.32 Å². The molecule has 0 aromatic carbocycles. The van der Waals surface area contributed by atoms with Crippen LogP contribution in [0.25, 0.3) is 0 Å². The number of rotatable bonds is 4. The zero-order valence-electron chi connectivity index (χ0n) is 7.52. The Labute approximate surface area is 76.9 Å². The minimum atomic E-state index is -1.69. The molecule has 0 bridgehead atoms. The molecule has 0 aliphatic carbocycles. The topological polar surface area (TPSA) is 0 Å². The SMILES string of the molecule is CC[CH](C)[Tl]([Cl])[CH](C)CC. The van der Waals surface area contributed by atoms with Crippen molar-refractivity contribution >= 4 is 29.8 Å². The Morgan fingerprint density at radius 1 is 1.10 bits per heavy atom. The van der Waals surface area contributed by atoms with Crippen LogP contribution in [0.1, 0.15) is 40.5 Å². The Kier molecular flexibility index (Phi) is 6.52. The second kappa shape index (κ2) is 5.81. The zero-order chi connectivity index (χ0) is 8.15. The Hall–Kier alpha value is 1.21. The molecule has 0 N–H and O–H groups in total. The van der Waals surface area contributed by atoms with Crippen molar-refractivity contribution in [3.05, 3.63) is 0 Å². The Bertz CT molecular complexity index is 75.3. The van der Waals surface area contributed by atoms with Gasteiger partial charge in [-0.25, -0.2) is 0 Å². The second-order valence-electron chi connectivity index (χ2n) is 3.22. The van der Waals surface area contributed by atoms with E-state index in [1.54, 1.807) is 0 Å². The van der Waals surface area contributed by atoms with Crippen molar-refractivity contribution in [3.63, 3.8) is 0 Å². The molecular formula is C8H18ClTl. The van der Waals surface area contributed by atoms with Gasteiger partial charge in [-0.2, -0.15) is 0 Å². The number of halogens is 1. The van der Waals surface area contributed by atoms with E-state index in [1.165, 1.54) is 12.8 Å². The van der Waals surface area contributed by atoms with E-state index >= 15 is 0 Å². The van der Waals surface area contributed by atoms with Crippen molar-refractivity contribution in [3.8, 4) is 0 Å². The summed E-state index contributed by atoms with van der Waals surface area (Å²) in [5.74, 6) is 0. The van der Waals surface area contributed by atoms with Crippen LogP contribution < -0.4 is 0 Å². The van der Waals surface area contributed by atoms with Crippen LogP contribution in [0.15, 0.2) is 0 Å². The summed E-state index contributed by atoms with van der Waals surface area (Å²) in [7, 11) is 6.40. The molecule has 0 nitrogen and oxygen atoms in total. The molecule has 2 unspecified atom stereocenters. The molecule has 0 radical (unpaired) electrons. The van der Waals surface area contributed by atoms with Crippen molar-refractivity contribution in [1.29, 1.82) is 0 Å². The van der Waals surface area contributed by atoms with Crippen LogP contribution in [-0.2, 0) is 0 Å². The fourth-order valence-electron chi connectivity index (χ4n) is 1.01. The first-order chi connectivity index (χ1) is 4.63. The van der Waals surface area contributed by atoms with Crippen LogP contribution in [-0.4, -0.2) is 21.5 Å². The van der Waals surface area contributed by atoms with Gasteiger partial charge in [-0.15, -0.1) is 0 Å². The summed E-state index contributed by atoms with van der Waals surface area (Å²) < 4.78 is 1.77. The van der Waals surface area contributed by atoms with Crippen molar-refractivity contribution in [2.24, 2.45) is 0 Å². The van der Waals surface area contributed by atoms with Crippen molar-refractivity contribution in [1.82, 2.24) is 0 Å². The molecule has 0 spiro atoms. The molecule has 10 heavy (non-hydrogen) atoms. The van der Waals surface area contributed by atoms with Gasteiger partial charge in [0.1, 0.15) is 0 Å². The molecule has 0 aliphatic rings. The molecule has 0 saturated heterocycles. The van der Waals surface area contributed by atoms with Gasteiger partial charge in [-0.3, -0.25) is 0 Å². The molecule has 2 heteroatoms. The standard InChI is InChI=1S/2C4H9.ClH.Tl/c2*1-3-4-2;;/h2*3H,4H2,1-2H3;1H;/q;;;+1/p-1. The molecule has 0 amide bonds. The van der Waals surface area contributed by atoms with E-state index in [-0.39, 0.29) is 0 Å². The zero-order valence-corrected chi connectivity index (χ0v) is 12.8. The Balaban J connectivity index is 3.69. The molecule has 0 rings (SSSR count). The predicted molar refractivity (Wildman–Crippen MR) is 51.0 cm³/mol. The first-order valence-corrected chi connectivity index (χ1v) is 15.0. The molecule has 0 aromatic rings.